The number of carbonyl (C=O) groups excluding carboxylic acids is 1. The molecule has 0 saturated heterocycles. The van der Waals surface area contributed by atoms with E-state index in [1.165, 1.54) is 44.9 Å². The van der Waals surface area contributed by atoms with E-state index in [1.807, 2.05) is 0 Å². The van der Waals surface area contributed by atoms with E-state index in [1.54, 1.807) is 0 Å². The summed E-state index contributed by atoms with van der Waals surface area (Å²) >= 11 is 0. The Morgan fingerprint density at radius 1 is 1.10 bits per heavy atom. The molecule has 0 spiro atoms. The third kappa shape index (κ3) is 2.74. The normalized spacial score (nSPS) is 44.0. The van der Waals surface area contributed by atoms with Crippen LogP contribution in [0.2, 0.25) is 0 Å². The van der Waals surface area contributed by atoms with Gasteiger partial charge in [0.05, 0.1) is 5.41 Å². The van der Waals surface area contributed by atoms with Crippen LogP contribution in [-0.4, -0.2) is 25.0 Å². The van der Waals surface area contributed by atoms with Gasteiger partial charge in [0.1, 0.15) is 0 Å². The minimum Gasteiger partial charge on any atom is -0.356 e. The van der Waals surface area contributed by atoms with Gasteiger partial charge in [-0.1, -0.05) is 6.92 Å². The molecule has 2 N–H and O–H groups in total. The second kappa shape index (κ2) is 4.97. The summed E-state index contributed by atoms with van der Waals surface area (Å²) in [4.78, 5) is 12.8. The molecule has 118 valence electrons. The first-order valence-corrected chi connectivity index (χ1v) is 9.09. The summed E-state index contributed by atoms with van der Waals surface area (Å²) in [5.41, 5.74) is 0.470. The van der Waals surface area contributed by atoms with Crippen molar-refractivity contribution in [2.24, 2.45) is 22.7 Å². The van der Waals surface area contributed by atoms with Crippen LogP contribution in [0.4, 0.5) is 0 Å². The largest absolute Gasteiger partial charge is 0.356 e. The van der Waals surface area contributed by atoms with Crippen LogP contribution in [0, 0.1) is 22.7 Å². The summed E-state index contributed by atoms with van der Waals surface area (Å²) in [5.74, 6) is 2.05. The fourth-order valence-corrected chi connectivity index (χ4v) is 6.06. The summed E-state index contributed by atoms with van der Waals surface area (Å²) in [6, 6.07) is 0.781. The van der Waals surface area contributed by atoms with Crippen LogP contribution in [0.15, 0.2) is 0 Å². The summed E-state index contributed by atoms with van der Waals surface area (Å²) < 4.78 is 0. The number of carbonyl (C=O) groups is 1. The molecule has 5 fully saturated rings. The molecule has 0 aromatic carbocycles. The summed E-state index contributed by atoms with van der Waals surface area (Å²) in [5, 5.41) is 6.79. The highest BCUT2D eigenvalue weighted by molar-refractivity contribution is 5.83. The van der Waals surface area contributed by atoms with Crippen LogP contribution in [0.1, 0.15) is 64.7 Å². The van der Waals surface area contributed by atoms with Crippen molar-refractivity contribution >= 4 is 5.91 Å². The number of hydrogen-bond donors (Lipinski definition) is 2. The average molecular weight is 290 g/mol. The van der Waals surface area contributed by atoms with Gasteiger partial charge in [-0.2, -0.15) is 0 Å². The van der Waals surface area contributed by atoms with Crippen LogP contribution in [0.25, 0.3) is 0 Å². The van der Waals surface area contributed by atoms with Gasteiger partial charge in [0, 0.05) is 12.6 Å². The maximum Gasteiger partial charge on any atom is 0.226 e. The van der Waals surface area contributed by atoms with Crippen LogP contribution >= 0.6 is 0 Å². The highest BCUT2D eigenvalue weighted by atomic mass is 16.2. The highest BCUT2D eigenvalue weighted by Gasteiger charge is 2.58. The lowest BCUT2D eigenvalue weighted by molar-refractivity contribution is -0.155. The predicted octanol–water partition coefficient (Wildman–Crippen LogP) is 2.85. The molecule has 3 heteroatoms. The zero-order valence-electron chi connectivity index (χ0n) is 13.4. The molecule has 0 aromatic heterocycles. The molecular weight excluding hydrogens is 260 g/mol. The SMILES string of the molecule is CC12CC3CC(C1)CC(C(=O)NCCCNC1CC1)(C3)C2. The molecule has 21 heavy (non-hydrogen) atoms. The molecule has 0 radical (unpaired) electrons. The molecule has 5 saturated carbocycles. The van der Waals surface area contributed by atoms with Gasteiger partial charge >= 0.3 is 0 Å². The van der Waals surface area contributed by atoms with Crippen molar-refractivity contribution in [3.05, 3.63) is 0 Å². The monoisotopic (exact) mass is 290 g/mol. The standard InChI is InChI=1S/C18H30N2O/c1-17-8-13-7-14(9-17)11-18(10-13,12-17)16(21)20-6-2-5-19-15-3-4-15/h13-15,19H,2-12H2,1H3,(H,20,21). The molecular formula is C18H30N2O. The minimum absolute atomic E-state index is 0.00273. The first-order valence-electron chi connectivity index (χ1n) is 9.09. The van der Waals surface area contributed by atoms with E-state index in [0.717, 1.165) is 43.8 Å². The molecule has 5 aliphatic rings. The lowest BCUT2D eigenvalue weighted by Crippen LogP contribution is -2.56. The molecule has 2 unspecified atom stereocenters. The molecule has 2 atom stereocenters. The molecule has 1 amide bonds. The van der Waals surface area contributed by atoms with Gasteiger partial charge in [0.25, 0.3) is 0 Å². The van der Waals surface area contributed by atoms with Gasteiger partial charge < -0.3 is 10.6 Å². The molecule has 5 aliphatic carbocycles. The quantitative estimate of drug-likeness (QED) is 0.739. The zero-order chi connectivity index (χ0) is 14.5. The third-order valence-corrected chi connectivity index (χ3v) is 6.48. The first kappa shape index (κ1) is 14.0. The van der Waals surface area contributed by atoms with E-state index >= 15 is 0 Å². The van der Waals surface area contributed by atoms with E-state index < -0.39 is 0 Å². The Kier molecular flexibility index (Phi) is 3.33. The molecule has 3 nitrogen and oxygen atoms in total. The zero-order valence-corrected chi connectivity index (χ0v) is 13.4. The van der Waals surface area contributed by atoms with Crippen LogP contribution in [0.5, 0.6) is 0 Å². The highest BCUT2D eigenvalue weighted by Crippen LogP contribution is 2.65. The van der Waals surface area contributed by atoms with Crippen molar-refractivity contribution < 1.29 is 4.79 Å². The van der Waals surface area contributed by atoms with Gasteiger partial charge in [0.2, 0.25) is 5.91 Å². The minimum atomic E-state index is 0.00273. The van der Waals surface area contributed by atoms with Gasteiger partial charge in [-0.05, 0) is 81.6 Å². The number of nitrogens with one attached hydrogen (secondary N) is 2. The van der Waals surface area contributed by atoms with Crippen molar-refractivity contribution in [1.82, 2.24) is 10.6 Å². The van der Waals surface area contributed by atoms with Gasteiger partial charge in [0.15, 0.2) is 0 Å². The number of hydrogen-bond acceptors (Lipinski definition) is 2. The lowest BCUT2D eigenvalue weighted by Gasteiger charge is -2.60. The summed E-state index contributed by atoms with van der Waals surface area (Å²) in [7, 11) is 0. The maximum absolute atomic E-state index is 12.8. The topological polar surface area (TPSA) is 41.1 Å². The number of rotatable bonds is 6. The Morgan fingerprint density at radius 3 is 2.43 bits per heavy atom. The van der Waals surface area contributed by atoms with E-state index in [-0.39, 0.29) is 5.41 Å². The Balaban J connectivity index is 1.31. The second-order valence-corrected chi connectivity index (χ2v) is 8.89. The van der Waals surface area contributed by atoms with Gasteiger partial charge in [-0.15, -0.1) is 0 Å². The maximum atomic E-state index is 12.8. The smallest absolute Gasteiger partial charge is 0.226 e. The van der Waals surface area contributed by atoms with Gasteiger partial charge in [-0.3, -0.25) is 4.79 Å². The molecule has 0 heterocycles. The Labute approximate surface area is 128 Å². The fraction of sp³-hybridized carbons (Fsp3) is 0.944. The summed E-state index contributed by atoms with van der Waals surface area (Å²) in [6.45, 7) is 4.35. The summed E-state index contributed by atoms with van der Waals surface area (Å²) in [6.07, 6.45) is 11.4. The Morgan fingerprint density at radius 2 is 1.81 bits per heavy atom. The predicted molar refractivity (Wildman–Crippen MR) is 83.9 cm³/mol. The van der Waals surface area contributed by atoms with E-state index in [0.29, 0.717) is 11.3 Å². The van der Waals surface area contributed by atoms with E-state index in [9.17, 15) is 4.79 Å². The van der Waals surface area contributed by atoms with Crippen LogP contribution in [0.3, 0.4) is 0 Å². The van der Waals surface area contributed by atoms with Crippen molar-refractivity contribution in [2.45, 2.75) is 70.8 Å². The average Bonchev–Trinajstić information content (AvgIpc) is 3.19. The fourth-order valence-electron chi connectivity index (χ4n) is 6.06. The van der Waals surface area contributed by atoms with Crippen molar-refractivity contribution in [3.8, 4) is 0 Å². The van der Waals surface area contributed by atoms with Crippen molar-refractivity contribution in [1.29, 1.82) is 0 Å². The van der Waals surface area contributed by atoms with Crippen molar-refractivity contribution in [3.63, 3.8) is 0 Å². The number of amides is 1. The molecule has 0 aliphatic heterocycles. The molecule has 0 aromatic rings. The van der Waals surface area contributed by atoms with E-state index in [4.69, 9.17) is 0 Å². The first-order chi connectivity index (χ1) is 10.1. The van der Waals surface area contributed by atoms with E-state index in [2.05, 4.69) is 17.6 Å². The van der Waals surface area contributed by atoms with Crippen LogP contribution < -0.4 is 10.6 Å². The Hall–Kier alpha value is -0.570. The lowest BCUT2D eigenvalue weighted by atomic mass is 9.44. The second-order valence-electron chi connectivity index (χ2n) is 8.89. The van der Waals surface area contributed by atoms with Crippen LogP contribution in [-0.2, 0) is 4.79 Å². The molecule has 5 rings (SSSR count). The third-order valence-electron chi connectivity index (χ3n) is 6.48. The Bertz CT molecular complexity index is 415. The molecule has 4 bridgehead atoms. The van der Waals surface area contributed by atoms with Gasteiger partial charge in [-0.25, -0.2) is 0 Å². The van der Waals surface area contributed by atoms with Crippen molar-refractivity contribution in [2.75, 3.05) is 13.1 Å².